The summed E-state index contributed by atoms with van der Waals surface area (Å²) in [6.07, 6.45) is 3.26. The lowest BCUT2D eigenvalue weighted by molar-refractivity contribution is -0.135. The normalized spacial score (nSPS) is 35.6. The summed E-state index contributed by atoms with van der Waals surface area (Å²) in [6, 6.07) is 0.324. The van der Waals surface area contributed by atoms with E-state index in [9.17, 15) is 4.79 Å². The smallest absolute Gasteiger partial charge is 0.228 e. The molecule has 1 unspecified atom stereocenters. The van der Waals surface area contributed by atoms with Gasteiger partial charge in [-0.3, -0.25) is 4.79 Å². The monoisotopic (exact) mass is 254 g/mol. The van der Waals surface area contributed by atoms with Crippen LogP contribution in [0.3, 0.4) is 0 Å². The van der Waals surface area contributed by atoms with Crippen LogP contribution in [0.15, 0.2) is 0 Å². The van der Waals surface area contributed by atoms with Crippen molar-refractivity contribution >= 4 is 5.91 Å². The second-order valence-corrected chi connectivity index (χ2v) is 5.96. The fourth-order valence-corrected chi connectivity index (χ4v) is 3.04. The molecule has 1 aliphatic heterocycles. The SMILES string of the molecule is CCOC1CC(NC(=O)C2(C(C)C)CCNC2)C1. The Hall–Kier alpha value is -0.610. The van der Waals surface area contributed by atoms with Gasteiger partial charge in [0.05, 0.1) is 11.5 Å². The summed E-state index contributed by atoms with van der Waals surface area (Å²) >= 11 is 0. The molecule has 2 N–H and O–H groups in total. The summed E-state index contributed by atoms with van der Waals surface area (Å²) in [4.78, 5) is 12.5. The van der Waals surface area contributed by atoms with E-state index in [4.69, 9.17) is 4.74 Å². The lowest BCUT2D eigenvalue weighted by Gasteiger charge is -2.39. The maximum atomic E-state index is 12.5. The number of rotatable bonds is 5. The van der Waals surface area contributed by atoms with Crippen molar-refractivity contribution in [3.63, 3.8) is 0 Å². The first-order valence-corrected chi connectivity index (χ1v) is 7.21. The number of hydrogen-bond donors (Lipinski definition) is 2. The average molecular weight is 254 g/mol. The molecule has 0 bridgehead atoms. The van der Waals surface area contributed by atoms with Crippen LogP contribution in [0.5, 0.6) is 0 Å². The van der Waals surface area contributed by atoms with E-state index in [1.165, 1.54) is 0 Å². The molecule has 4 nitrogen and oxygen atoms in total. The first kappa shape index (κ1) is 13.8. The average Bonchev–Trinajstić information content (AvgIpc) is 2.76. The first-order valence-electron chi connectivity index (χ1n) is 7.21. The van der Waals surface area contributed by atoms with E-state index in [0.29, 0.717) is 18.1 Å². The maximum absolute atomic E-state index is 12.5. The Bertz CT molecular complexity index is 292. The van der Waals surface area contributed by atoms with Gasteiger partial charge in [0, 0.05) is 19.2 Å². The maximum Gasteiger partial charge on any atom is 0.228 e. The molecule has 2 aliphatic rings. The molecule has 4 heteroatoms. The molecule has 1 aliphatic carbocycles. The summed E-state index contributed by atoms with van der Waals surface area (Å²) in [6.45, 7) is 8.86. The van der Waals surface area contributed by atoms with Crippen LogP contribution < -0.4 is 10.6 Å². The summed E-state index contributed by atoms with van der Waals surface area (Å²) < 4.78 is 5.52. The van der Waals surface area contributed by atoms with Gasteiger partial charge in [0.25, 0.3) is 0 Å². The van der Waals surface area contributed by atoms with E-state index in [2.05, 4.69) is 24.5 Å². The van der Waals surface area contributed by atoms with E-state index in [1.807, 2.05) is 6.92 Å². The van der Waals surface area contributed by atoms with Gasteiger partial charge < -0.3 is 15.4 Å². The van der Waals surface area contributed by atoms with E-state index >= 15 is 0 Å². The van der Waals surface area contributed by atoms with Crippen molar-refractivity contribution in [3.8, 4) is 0 Å². The molecule has 1 saturated heterocycles. The standard InChI is InChI=1S/C14H26N2O2/c1-4-18-12-7-11(8-12)16-13(17)14(10(2)3)5-6-15-9-14/h10-12,15H,4-9H2,1-3H3,(H,16,17). The third-order valence-corrected chi connectivity index (χ3v) is 4.58. The Labute approximate surface area is 110 Å². The lowest BCUT2D eigenvalue weighted by Crippen LogP contribution is -2.54. The molecule has 104 valence electrons. The molecule has 0 aromatic rings. The van der Waals surface area contributed by atoms with Crippen molar-refractivity contribution in [2.45, 2.75) is 52.2 Å². The van der Waals surface area contributed by atoms with Crippen LogP contribution in [-0.2, 0) is 9.53 Å². The molecule has 1 atom stereocenters. The predicted octanol–water partition coefficient (Wildman–Crippen LogP) is 1.31. The zero-order valence-corrected chi connectivity index (χ0v) is 11.8. The van der Waals surface area contributed by atoms with Gasteiger partial charge in [0.2, 0.25) is 5.91 Å². The Kier molecular flexibility index (Phi) is 4.28. The quantitative estimate of drug-likeness (QED) is 0.777. The van der Waals surface area contributed by atoms with Gasteiger partial charge in [-0.05, 0) is 38.6 Å². The van der Waals surface area contributed by atoms with Crippen LogP contribution in [0.25, 0.3) is 0 Å². The predicted molar refractivity (Wildman–Crippen MR) is 71.3 cm³/mol. The van der Waals surface area contributed by atoms with Gasteiger partial charge in [-0.2, -0.15) is 0 Å². The van der Waals surface area contributed by atoms with E-state index in [-0.39, 0.29) is 11.3 Å². The molecule has 2 rings (SSSR count). The van der Waals surface area contributed by atoms with Crippen LogP contribution in [0, 0.1) is 11.3 Å². The first-order chi connectivity index (χ1) is 8.58. The van der Waals surface area contributed by atoms with Crippen LogP contribution in [0.1, 0.15) is 40.0 Å². The number of carbonyl (C=O) groups is 1. The molecule has 1 saturated carbocycles. The number of carbonyl (C=O) groups excluding carboxylic acids is 1. The highest BCUT2D eigenvalue weighted by Crippen LogP contribution is 2.35. The highest BCUT2D eigenvalue weighted by atomic mass is 16.5. The van der Waals surface area contributed by atoms with E-state index in [0.717, 1.165) is 39.0 Å². The molecule has 0 spiro atoms. The minimum Gasteiger partial charge on any atom is -0.378 e. The minimum absolute atomic E-state index is 0.198. The number of amides is 1. The molecule has 0 aromatic carbocycles. The zero-order valence-electron chi connectivity index (χ0n) is 11.8. The Morgan fingerprint density at radius 3 is 2.72 bits per heavy atom. The van der Waals surface area contributed by atoms with Crippen molar-refractivity contribution in [2.24, 2.45) is 11.3 Å². The van der Waals surface area contributed by atoms with Gasteiger partial charge in [-0.25, -0.2) is 0 Å². The summed E-state index contributed by atoms with van der Waals surface area (Å²) in [5.41, 5.74) is -0.198. The largest absolute Gasteiger partial charge is 0.378 e. The highest BCUT2D eigenvalue weighted by Gasteiger charge is 2.45. The zero-order chi connectivity index (χ0) is 13.2. The Balaban J connectivity index is 1.84. The number of nitrogens with one attached hydrogen (secondary N) is 2. The second kappa shape index (κ2) is 5.57. The van der Waals surface area contributed by atoms with Gasteiger partial charge >= 0.3 is 0 Å². The van der Waals surface area contributed by atoms with E-state index < -0.39 is 0 Å². The molecular weight excluding hydrogens is 228 g/mol. The van der Waals surface area contributed by atoms with Crippen molar-refractivity contribution in [1.29, 1.82) is 0 Å². The molecule has 2 fully saturated rings. The molecular formula is C14H26N2O2. The van der Waals surface area contributed by atoms with Crippen molar-refractivity contribution in [1.82, 2.24) is 10.6 Å². The highest BCUT2D eigenvalue weighted by molar-refractivity contribution is 5.84. The van der Waals surface area contributed by atoms with Gasteiger partial charge in [-0.15, -0.1) is 0 Å². The fraction of sp³-hybridized carbons (Fsp3) is 0.929. The molecule has 18 heavy (non-hydrogen) atoms. The summed E-state index contributed by atoms with van der Waals surface area (Å²) in [5.74, 6) is 0.623. The van der Waals surface area contributed by atoms with Crippen LogP contribution in [0.4, 0.5) is 0 Å². The van der Waals surface area contributed by atoms with Gasteiger partial charge in [0.15, 0.2) is 0 Å². The lowest BCUT2D eigenvalue weighted by atomic mass is 9.75. The summed E-state index contributed by atoms with van der Waals surface area (Å²) in [7, 11) is 0. The minimum atomic E-state index is -0.198. The molecule has 0 radical (unpaired) electrons. The van der Waals surface area contributed by atoms with Gasteiger partial charge in [0.1, 0.15) is 0 Å². The number of hydrogen-bond acceptors (Lipinski definition) is 3. The second-order valence-electron chi connectivity index (χ2n) is 5.96. The van der Waals surface area contributed by atoms with Crippen LogP contribution >= 0.6 is 0 Å². The molecule has 1 heterocycles. The Morgan fingerprint density at radius 1 is 1.50 bits per heavy atom. The van der Waals surface area contributed by atoms with E-state index in [1.54, 1.807) is 0 Å². The van der Waals surface area contributed by atoms with Crippen molar-refractivity contribution in [3.05, 3.63) is 0 Å². The fourth-order valence-electron chi connectivity index (χ4n) is 3.04. The number of ether oxygens (including phenoxy) is 1. The third-order valence-electron chi connectivity index (χ3n) is 4.58. The van der Waals surface area contributed by atoms with Gasteiger partial charge in [-0.1, -0.05) is 13.8 Å². The summed E-state index contributed by atoms with van der Waals surface area (Å²) in [5, 5.41) is 6.54. The molecule has 0 aromatic heterocycles. The molecule has 1 amide bonds. The van der Waals surface area contributed by atoms with Crippen LogP contribution in [-0.4, -0.2) is 37.7 Å². The van der Waals surface area contributed by atoms with Crippen molar-refractivity contribution in [2.75, 3.05) is 19.7 Å². The topological polar surface area (TPSA) is 50.4 Å². The van der Waals surface area contributed by atoms with Crippen molar-refractivity contribution < 1.29 is 9.53 Å². The third kappa shape index (κ3) is 2.54. The Morgan fingerprint density at radius 2 is 2.22 bits per heavy atom. The van der Waals surface area contributed by atoms with Crippen LogP contribution in [0.2, 0.25) is 0 Å².